The Hall–Kier alpha value is -3.56. The van der Waals surface area contributed by atoms with Crippen LogP contribution >= 0.6 is 0 Å². The zero-order valence-corrected chi connectivity index (χ0v) is 31.8. The van der Waals surface area contributed by atoms with Crippen LogP contribution in [0.5, 0.6) is 0 Å². The Kier molecular flexibility index (Phi) is 12.5. The Morgan fingerprint density at radius 3 is 2.38 bits per heavy atom. The molecule has 3 aliphatic rings. The monoisotopic (exact) mass is 736 g/mol. The standard InChI is InChI=1S/C35H53FN6O10/c1-12-23-35(8)27(37-32(47)52-35)20(4)25(43)18(2)17-33(6,48-15-13-14-24-38-40-42(11)39-24)29(21(5)28(45)34(7,36)31(46)50-23)51-30-26(44)22(41(9)10)16-19(3)49-30/h18-23,26-27,29-30,44H,12,15-17H2,1-11H3,(H,37,47)/t18-,19-,20+,21+,22+,23-,26-,27-,29-,30+,33+,34+,35-/m1/s1. The number of likely N-dealkylation sites (N-methyl/N-ethyl adjacent to an activating group) is 1. The van der Waals surface area contributed by atoms with E-state index < -0.39 is 89.2 Å². The molecule has 0 aromatic carbocycles. The number of esters is 1. The molecule has 13 atom stereocenters. The van der Waals surface area contributed by atoms with Crippen molar-refractivity contribution in [3.8, 4) is 11.8 Å². The van der Waals surface area contributed by atoms with Crippen molar-refractivity contribution in [1.29, 1.82) is 0 Å². The molecule has 3 fully saturated rings. The molecule has 52 heavy (non-hydrogen) atoms. The van der Waals surface area contributed by atoms with Gasteiger partial charge in [-0.25, -0.2) is 14.0 Å². The van der Waals surface area contributed by atoms with Crippen LogP contribution in [0.2, 0.25) is 0 Å². The number of ether oxygens (including phenoxy) is 5. The van der Waals surface area contributed by atoms with E-state index in [-0.39, 0.29) is 37.2 Å². The molecule has 1 aromatic rings. The lowest BCUT2D eigenvalue weighted by atomic mass is 9.73. The number of aliphatic hydroxyl groups is 1. The van der Waals surface area contributed by atoms with Crippen LogP contribution in [0.4, 0.5) is 9.18 Å². The maximum Gasteiger partial charge on any atom is 0.408 e. The molecule has 0 unspecified atom stereocenters. The number of cyclic esters (lactones) is 1. The van der Waals surface area contributed by atoms with Gasteiger partial charge in [-0.2, -0.15) is 4.80 Å². The molecular weight excluding hydrogens is 683 g/mol. The summed E-state index contributed by atoms with van der Waals surface area (Å²) < 4.78 is 47.0. The summed E-state index contributed by atoms with van der Waals surface area (Å²) >= 11 is 0. The van der Waals surface area contributed by atoms with Gasteiger partial charge in [0.25, 0.3) is 5.67 Å². The highest BCUT2D eigenvalue weighted by Gasteiger charge is 2.59. The van der Waals surface area contributed by atoms with Crippen molar-refractivity contribution in [2.75, 3.05) is 20.7 Å². The first-order chi connectivity index (χ1) is 24.2. The van der Waals surface area contributed by atoms with E-state index in [0.29, 0.717) is 6.42 Å². The van der Waals surface area contributed by atoms with E-state index in [1.165, 1.54) is 18.6 Å². The molecule has 0 radical (unpaired) electrons. The largest absolute Gasteiger partial charge is 0.455 e. The summed E-state index contributed by atoms with van der Waals surface area (Å²) in [4.78, 5) is 57.8. The van der Waals surface area contributed by atoms with Crippen LogP contribution in [0, 0.1) is 29.6 Å². The number of nitrogens with one attached hydrogen (secondary N) is 1. The minimum Gasteiger partial charge on any atom is -0.455 e. The van der Waals surface area contributed by atoms with Gasteiger partial charge in [-0.15, -0.1) is 5.10 Å². The van der Waals surface area contributed by atoms with Gasteiger partial charge in [-0.05, 0) is 72.2 Å². The van der Waals surface area contributed by atoms with E-state index in [9.17, 15) is 24.3 Å². The average Bonchev–Trinajstić information content (AvgIpc) is 3.64. The number of alkyl carbamates (subject to hydrolysis) is 1. The summed E-state index contributed by atoms with van der Waals surface area (Å²) in [6.07, 6.45) is -5.90. The second-order valence-electron chi connectivity index (χ2n) is 15.1. The Morgan fingerprint density at radius 2 is 1.79 bits per heavy atom. The van der Waals surface area contributed by atoms with Crippen LogP contribution in [-0.2, 0) is 45.1 Å². The Balaban J connectivity index is 1.84. The van der Waals surface area contributed by atoms with Crippen LogP contribution < -0.4 is 5.32 Å². The average molecular weight is 737 g/mol. The van der Waals surface area contributed by atoms with Crippen molar-refractivity contribution < 1.29 is 52.4 Å². The molecule has 290 valence electrons. The molecule has 1 aromatic heterocycles. The normalized spacial score (nSPS) is 40.6. The molecule has 2 N–H and O–H groups in total. The number of nitrogens with zero attached hydrogens (tertiary/aromatic N) is 5. The number of aromatic nitrogens is 4. The predicted molar refractivity (Wildman–Crippen MR) is 181 cm³/mol. The third kappa shape index (κ3) is 8.31. The van der Waals surface area contributed by atoms with E-state index >= 15 is 4.39 Å². The van der Waals surface area contributed by atoms with Gasteiger partial charge in [0.05, 0.1) is 30.9 Å². The van der Waals surface area contributed by atoms with Crippen LogP contribution in [0.15, 0.2) is 0 Å². The number of aryl methyl sites for hydroxylation is 1. The first-order valence-corrected chi connectivity index (χ1v) is 17.7. The summed E-state index contributed by atoms with van der Waals surface area (Å²) in [7, 11) is 5.18. The van der Waals surface area contributed by atoms with Crippen molar-refractivity contribution in [2.45, 2.75) is 134 Å². The SMILES string of the molecule is CC[C@H]1OC(=O)[C@@](C)(F)C(=O)[C@H](C)[C@@H](O[C@@H]2O[C@H](C)C[C@H](N(C)C)[C@H]2O)[C@@](C)(OCC#Cc2nnn(C)n2)C[C@@H](C)C(=O)[C@H](C)[C@H]2NC(=O)O[C@@]21C. The minimum atomic E-state index is -3.21. The highest BCUT2D eigenvalue weighted by atomic mass is 19.1. The van der Waals surface area contributed by atoms with E-state index in [1.807, 2.05) is 11.8 Å². The number of carbonyl (C=O) groups excluding carboxylic acids is 4. The number of tetrazole rings is 1. The van der Waals surface area contributed by atoms with Crippen molar-refractivity contribution >= 4 is 23.6 Å². The van der Waals surface area contributed by atoms with Crippen LogP contribution in [0.1, 0.15) is 80.5 Å². The number of halogens is 1. The molecule has 3 saturated heterocycles. The smallest absolute Gasteiger partial charge is 0.408 e. The maximum atomic E-state index is 16.7. The first kappa shape index (κ1) is 41.2. The van der Waals surface area contributed by atoms with Crippen molar-refractivity contribution in [3.05, 3.63) is 5.82 Å². The van der Waals surface area contributed by atoms with Gasteiger partial charge in [0.15, 0.2) is 17.7 Å². The fourth-order valence-electron chi connectivity index (χ4n) is 7.78. The number of Topliss-reactive ketones (excluding diaryl/α,β-unsaturated/α-hetero) is 2. The van der Waals surface area contributed by atoms with Crippen LogP contribution in [0.25, 0.3) is 0 Å². The fraction of sp³-hybridized carbons (Fsp3) is 0.800. The van der Waals surface area contributed by atoms with Gasteiger partial charge in [0.2, 0.25) is 5.82 Å². The zero-order valence-electron chi connectivity index (χ0n) is 31.8. The number of carbonyl (C=O) groups is 4. The summed E-state index contributed by atoms with van der Waals surface area (Å²) in [5.41, 5.74) is -6.40. The highest BCUT2D eigenvalue weighted by molar-refractivity contribution is 6.08. The van der Waals surface area contributed by atoms with E-state index in [1.54, 1.807) is 48.8 Å². The number of alkyl halides is 1. The van der Waals surface area contributed by atoms with Gasteiger partial charge in [-0.1, -0.05) is 38.7 Å². The van der Waals surface area contributed by atoms with Gasteiger partial charge >= 0.3 is 12.1 Å². The predicted octanol–water partition coefficient (Wildman–Crippen LogP) is 1.52. The van der Waals surface area contributed by atoms with Crippen molar-refractivity contribution in [2.24, 2.45) is 24.8 Å². The van der Waals surface area contributed by atoms with Crippen molar-refractivity contribution in [1.82, 2.24) is 30.4 Å². The number of fused-ring (bicyclic) bond motifs is 1. The van der Waals surface area contributed by atoms with Gasteiger partial charge in [0.1, 0.15) is 24.6 Å². The number of hydrogen-bond acceptors (Lipinski definition) is 14. The molecular formula is C35H53FN6O10. The van der Waals surface area contributed by atoms with Crippen molar-refractivity contribution in [3.63, 3.8) is 0 Å². The number of ketones is 2. The van der Waals surface area contributed by atoms with E-state index in [4.69, 9.17) is 23.7 Å². The van der Waals surface area contributed by atoms with Gasteiger partial charge in [0, 0.05) is 23.8 Å². The third-order valence-electron chi connectivity index (χ3n) is 10.7. The fourth-order valence-corrected chi connectivity index (χ4v) is 7.78. The molecule has 0 spiro atoms. The molecule has 3 aliphatic heterocycles. The molecule has 16 nitrogen and oxygen atoms in total. The zero-order chi connectivity index (χ0) is 38.9. The second-order valence-corrected chi connectivity index (χ2v) is 15.1. The third-order valence-corrected chi connectivity index (χ3v) is 10.7. The summed E-state index contributed by atoms with van der Waals surface area (Å²) in [6, 6.07) is -1.38. The van der Waals surface area contributed by atoms with E-state index in [2.05, 4.69) is 32.6 Å². The summed E-state index contributed by atoms with van der Waals surface area (Å²) in [5.74, 6) is -0.440. The highest BCUT2D eigenvalue weighted by Crippen LogP contribution is 2.41. The molecule has 1 amide bonds. The van der Waals surface area contributed by atoms with Crippen LogP contribution in [-0.4, -0.2) is 134 Å². The van der Waals surface area contributed by atoms with E-state index in [0.717, 1.165) is 6.92 Å². The quantitative estimate of drug-likeness (QED) is 0.243. The Labute approximate surface area is 303 Å². The lowest BCUT2D eigenvalue weighted by molar-refractivity contribution is -0.296. The lowest BCUT2D eigenvalue weighted by Crippen LogP contribution is -2.61. The second kappa shape index (κ2) is 15.8. The molecule has 0 aliphatic carbocycles. The summed E-state index contributed by atoms with van der Waals surface area (Å²) in [5, 5.41) is 25.7. The Bertz CT molecular complexity index is 1560. The summed E-state index contributed by atoms with van der Waals surface area (Å²) in [6.45, 7) is 11.8. The Morgan fingerprint density at radius 1 is 1.12 bits per heavy atom. The number of hydrogen-bond donors (Lipinski definition) is 2. The number of amides is 1. The topological polar surface area (TPSA) is 194 Å². The molecule has 0 saturated carbocycles. The minimum absolute atomic E-state index is 0.0783. The molecule has 0 bridgehead atoms. The number of rotatable bonds is 6. The molecule has 4 heterocycles. The van der Waals surface area contributed by atoms with Gasteiger partial charge in [-0.3, -0.25) is 9.59 Å². The number of aliphatic hydroxyl groups excluding tert-OH is 1. The first-order valence-electron chi connectivity index (χ1n) is 17.7. The van der Waals surface area contributed by atoms with Crippen LogP contribution in [0.3, 0.4) is 0 Å². The molecule has 17 heteroatoms. The van der Waals surface area contributed by atoms with Gasteiger partial charge < -0.3 is 39.0 Å². The maximum absolute atomic E-state index is 16.7. The lowest BCUT2D eigenvalue weighted by Gasteiger charge is -2.47. The molecule has 4 rings (SSSR count).